The first-order valence-electron chi connectivity index (χ1n) is 6.23. The number of hydrogen-bond acceptors (Lipinski definition) is 7. The average Bonchev–Trinajstić information content (AvgIpc) is 2.97. The Hall–Kier alpha value is -2.13. The van der Waals surface area contributed by atoms with E-state index in [1.165, 1.54) is 25.3 Å². The number of nitro groups is 1. The maximum Gasteiger partial charge on any atom is 0.349 e. The second kappa shape index (κ2) is 6.32. The van der Waals surface area contributed by atoms with Crippen LogP contribution in [-0.4, -0.2) is 20.5 Å². The Morgan fingerprint density at radius 1 is 1.27 bits per heavy atom. The lowest BCUT2D eigenvalue weighted by Crippen LogP contribution is -2.09. The Kier molecular flexibility index (Phi) is 4.67. The van der Waals surface area contributed by atoms with Gasteiger partial charge in [-0.3, -0.25) is 10.1 Å². The number of nitrogens with zero attached hydrogens (tertiary/aromatic N) is 1. The molecule has 0 fully saturated rings. The number of aryl methyl sites for hydroxylation is 1. The predicted octanol–water partition coefficient (Wildman–Crippen LogP) is 3.00. The van der Waals surface area contributed by atoms with Crippen molar-refractivity contribution in [1.29, 1.82) is 0 Å². The van der Waals surface area contributed by atoms with E-state index in [-0.39, 0.29) is 15.7 Å². The van der Waals surface area contributed by atoms with Gasteiger partial charge in [0.15, 0.2) is 4.21 Å². The van der Waals surface area contributed by atoms with Gasteiger partial charge in [-0.05, 0) is 30.7 Å². The SMILES string of the molecule is CCc1ccc(S(=O)(=O)Oc2ccc(OC)cc2[N+](=O)[O-])s1. The molecule has 0 unspecified atom stereocenters. The number of nitro benzene ring substituents is 1. The maximum absolute atomic E-state index is 12.2. The molecule has 0 aliphatic rings. The van der Waals surface area contributed by atoms with Crippen LogP contribution in [0.5, 0.6) is 11.5 Å². The van der Waals surface area contributed by atoms with Crippen LogP contribution in [-0.2, 0) is 16.5 Å². The second-order valence-electron chi connectivity index (χ2n) is 4.20. The molecule has 0 saturated heterocycles. The van der Waals surface area contributed by atoms with Gasteiger partial charge in [0, 0.05) is 4.88 Å². The Labute approximate surface area is 131 Å². The highest BCUT2D eigenvalue weighted by Crippen LogP contribution is 2.34. The summed E-state index contributed by atoms with van der Waals surface area (Å²) >= 11 is 1.07. The lowest BCUT2D eigenvalue weighted by Gasteiger charge is -2.07. The summed E-state index contributed by atoms with van der Waals surface area (Å²) < 4.78 is 34.2. The molecular formula is C13H13NO6S2. The second-order valence-corrected chi connectivity index (χ2v) is 7.14. The molecule has 1 aromatic carbocycles. The summed E-state index contributed by atoms with van der Waals surface area (Å²) in [5, 5.41) is 11.0. The Bertz CT molecular complexity index is 797. The van der Waals surface area contributed by atoms with Crippen LogP contribution >= 0.6 is 11.3 Å². The largest absolute Gasteiger partial charge is 0.496 e. The average molecular weight is 343 g/mol. The molecule has 7 nitrogen and oxygen atoms in total. The quantitative estimate of drug-likeness (QED) is 0.454. The molecule has 0 N–H and O–H groups in total. The lowest BCUT2D eigenvalue weighted by atomic mass is 10.3. The first kappa shape index (κ1) is 16.2. The summed E-state index contributed by atoms with van der Waals surface area (Å²) in [6, 6.07) is 6.81. The fraction of sp³-hybridized carbons (Fsp3) is 0.231. The van der Waals surface area contributed by atoms with Crippen molar-refractivity contribution in [2.45, 2.75) is 17.6 Å². The molecule has 0 aliphatic heterocycles. The van der Waals surface area contributed by atoms with Gasteiger partial charge in [0.05, 0.1) is 18.1 Å². The minimum atomic E-state index is -4.10. The molecule has 118 valence electrons. The van der Waals surface area contributed by atoms with E-state index >= 15 is 0 Å². The minimum Gasteiger partial charge on any atom is -0.496 e. The molecule has 2 rings (SSSR count). The number of methoxy groups -OCH3 is 1. The molecule has 0 spiro atoms. The van der Waals surface area contributed by atoms with Crippen molar-refractivity contribution in [3.8, 4) is 11.5 Å². The lowest BCUT2D eigenvalue weighted by molar-refractivity contribution is -0.385. The van der Waals surface area contributed by atoms with Crippen LogP contribution in [0.3, 0.4) is 0 Å². The Morgan fingerprint density at radius 3 is 2.55 bits per heavy atom. The van der Waals surface area contributed by atoms with E-state index in [2.05, 4.69) is 0 Å². The van der Waals surface area contributed by atoms with Crippen LogP contribution in [0.15, 0.2) is 34.5 Å². The summed E-state index contributed by atoms with van der Waals surface area (Å²) in [6.07, 6.45) is 0.697. The van der Waals surface area contributed by atoms with E-state index in [0.717, 1.165) is 22.3 Å². The van der Waals surface area contributed by atoms with E-state index in [4.69, 9.17) is 8.92 Å². The third-order valence-electron chi connectivity index (χ3n) is 2.79. The van der Waals surface area contributed by atoms with Crippen LogP contribution in [0.4, 0.5) is 5.69 Å². The number of rotatable bonds is 6. The molecule has 22 heavy (non-hydrogen) atoms. The first-order chi connectivity index (χ1) is 10.4. The highest BCUT2D eigenvalue weighted by molar-refractivity contribution is 7.89. The van der Waals surface area contributed by atoms with Crippen LogP contribution in [0.1, 0.15) is 11.8 Å². The fourth-order valence-corrected chi connectivity index (χ4v) is 3.88. The van der Waals surface area contributed by atoms with E-state index in [0.29, 0.717) is 6.42 Å². The monoisotopic (exact) mass is 343 g/mol. The van der Waals surface area contributed by atoms with Crippen LogP contribution in [0.2, 0.25) is 0 Å². The molecule has 9 heteroatoms. The summed E-state index contributed by atoms with van der Waals surface area (Å²) in [5.74, 6) is -0.113. The molecule has 0 bridgehead atoms. The molecule has 0 amide bonds. The molecule has 0 radical (unpaired) electrons. The van der Waals surface area contributed by atoms with Crippen LogP contribution < -0.4 is 8.92 Å². The zero-order chi connectivity index (χ0) is 16.3. The smallest absolute Gasteiger partial charge is 0.349 e. The van der Waals surface area contributed by atoms with Gasteiger partial charge in [0.25, 0.3) is 0 Å². The maximum atomic E-state index is 12.2. The van der Waals surface area contributed by atoms with Gasteiger partial charge < -0.3 is 8.92 Å². The number of benzene rings is 1. The van der Waals surface area contributed by atoms with Gasteiger partial charge in [-0.1, -0.05) is 6.92 Å². The van der Waals surface area contributed by atoms with Crippen molar-refractivity contribution in [3.63, 3.8) is 0 Å². The molecule has 1 aromatic heterocycles. The van der Waals surface area contributed by atoms with Crippen molar-refractivity contribution >= 4 is 27.1 Å². The molecular weight excluding hydrogens is 330 g/mol. The van der Waals surface area contributed by atoms with Crippen molar-refractivity contribution in [2.75, 3.05) is 7.11 Å². The summed E-state index contributed by atoms with van der Waals surface area (Å²) in [4.78, 5) is 11.2. The Balaban J connectivity index is 2.39. The third kappa shape index (κ3) is 3.37. The fourth-order valence-electron chi connectivity index (χ4n) is 1.68. The molecule has 1 heterocycles. The van der Waals surface area contributed by atoms with E-state index in [9.17, 15) is 18.5 Å². The summed E-state index contributed by atoms with van der Waals surface area (Å²) in [5.41, 5.74) is -0.477. The highest BCUT2D eigenvalue weighted by Gasteiger charge is 2.25. The summed E-state index contributed by atoms with van der Waals surface area (Å²) in [6.45, 7) is 1.90. The highest BCUT2D eigenvalue weighted by atomic mass is 32.3. The minimum absolute atomic E-state index is 0.00876. The van der Waals surface area contributed by atoms with Gasteiger partial charge in [-0.25, -0.2) is 0 Å². The standard InChI is InChI=1S/C13H13NO6S2/c1-3-10-5-7-13(21-10)22(17,18)20-12-6-4-9(19-2)8-11(12)14(15)16/h4-8H,3H2,1-2H3. The van der Waals surface area contributed by atoms with E-state index < -0.39 is 20.7 Å². The zero-order valence-electron chi connectivity index (χ0n) is 11.8. The van der Waals surface area contributed by atoms with Crippen molar-refractivity contribution < 1.29 is 22.3 Å². The number of ether oxygens (including phenoxy) is 1. The number of thiophene rings is 1. The molecule has 2 aromatic rings. The first-order valence-corrected chi connectivity index (χ1v) is 8.45. The summed E-state index contributed by atoms with van der Waals surface area (Å²) in [7, 11) is -2.75. The van der Waals surface area contributed by atoms with Gasteiger partial charge in [0.1, 0.15) is 5.75 Å². The predicted molar refractivity (Wildman–Crippen MR) is 81.2 cm³/mol. The number of hydrogen-bond donors (Lipinski definition) is 0. The van der Waals surface area contributed by atoms with Gasteiger partial charge in [0.2, 0.25) is 5.75 Å². The van der Waals surface area contributed by atoms with Gasteiger partial charge in [-0.15, -0.1) is 11.3 Å². The van der Waals surface area contributed by atoms with E-state index in [1.807, 2.05) is 6.92 Å². The molecule has 0 atom stereocenters. The van der Waals surface area contributed by atoms with Crippen LogP contribution in [0.25, 0.3) is 0 Å². The zero-order valence-corrected chi connectivity index (χ0v) is 13.4. The van der Waals surface area contributed by atoms with Gasteiger partial charge >= 0.3 is 15.8 Å². The van der Waals surface area contributed by atoms with Crippen molar-refractivity contribution in [1.82, 2.24) is 0 Å². The Morgan fingerprint density at radius 2 is 2.00 bits per heavy atom. The topological polar surface area (TPSA) is 95.7 Å². The van der Waals surface area contributed by atoms with Crippen LogP contribution in [0, 0.1) is 10.1 Å². The van der Waals surface area contributed by atoms with E-state index in [1.54, 1.807) is 6.07 Å². The van der Waals surface area contributed by atoms with Crippen molar-refractivity contribution in [3.05, 3.63) is 45.3 Å². The van der Waals surface area contributed by atoms with Gasteiger partial charge in [-0.2, -0.15) is 8.42 Å². The molecule has 0 aliphatic carbocycles. The third-order valence-corrected chi connectivity index (χ3v) is 5.71. The normalized spacial score (nSPS) is 11.2. The van der Waals surface area contributed by atoms with Crippen molar-refractivity contribution in [2.24, 2.45) is 0 Å². The molecule has 0 saturated carbocycles.